The molecule has 0 aliphatic carbocycles. The summed E-state index contributed by atoms with van der Waals surface area (Å²) in [6.07, 6.45) is 2.66. The zero-order chi connectivity index (χ0) is 20.8. The summed E-state index contributed by atoms with van der Waals surface area (Å²) < 4.78 is 5.37. The number of nitrogens with zero attached hydrogens (tertiary/aromatic N) is 3. The van der Waals surface area contributed by atoms with E-state index in [0.717, 1.165) is 50.4 Å². The number of imide groups is 1. The molecule has 1 fully saturated rings. The average Bonchev–Trinajstić information content (AvgIpc) is 2.80. The topological polar surface area (TPSA) is 62.2 Å². The minimum atomic E-state index is -0.522. The first-order valence-corrected chi connectivity index (χ1v) is 10.5. The Morgan fingerprint density at radius 3 is 2.53 bits per heavy atom. The summed E-state index contributed by atoms with van der Waals surface area (Å²) in [6.45, 7) is 5.44. The third-order valence-corrected chi connectivity index (χ3v) is 5.61. The van der Waals surface area contributed by atoms with Crippen molar-refractivity contribution in [1.29, 1.82) is 0 Å². The van der Waals surface area contributed by atoms with Gasteiger partial charge in [-0.15, -0.1) is 0 Å². The maximum Gasteiger partial charge on any atom is 0.261 e. The Bertz CT molecular complexity index is 907. The molecule has 6 nitrogen and oxygen atoms in total. The molecule has 0 unspecified atom stereocenters. The Kier molecular flexibility index (Phi) is 6.67. The summed E-state index contributed by atoms with van der Waals surface area (Å²) in [4.78, 5) is 34.5. The molecular formula is C24H27N3O3. The van der Waals surface area contributed by atoms with Gasteiger partial charge in [0.2, 0.25) is 5.91 Å². The zero-order valence-corrected chi connectivity index (χ0v) is 17.1. The van der Waals surface area contributed by atoms with E-state index in [1.54, 1.807) is 12.3 Å². The number of hydrogen-bond acceptors (Lipinski definition) is 5. The van der Waals surface area contributed by atoms with E-state index >= 15 is 0 Å². The minimum Gasteiger partial charge on any atom is -0.379 e. The lowest BCUT2D eigenvalue weighted by Crippen LogP contribution is -2.44. The van der Waals surface area contributed by atoms with Crippen LogP contribution in [0, 0.1) is 0 Å². The van der Waals surface area contributed by atoms with Crippen molar-refractivity contribution >= 4 is 18.0 Å². The molecule has 156 valence electrons. The van der Waals surface area contributed by atoms with Crippen molar-refractivity contribution in [2.75, 3.05) is 39.4 Å². The van der Waals surface area contributed by atoms with Gasteiger partial charge in [-0.25, -0.2) is 0 Å². The van der Waals surface area contributed by atoms with Crippen molar-refractivity contribution in [3.8, 4) is 0 Å². The van der Waals surface area contributed by atoms with Crippen LogP contribution in [0.3, 0.4) is 0 Å². The van der Waals surface area contributed by atoms with Crippen molar-refractivity contribution in [3.05, 3.63) is 71.3 Å². The quantitative estimate of drug-likeness (QED) is 0.404. The number of rotatable bonds is 7. The highest BCUT2D eigenvalue weighted by Crippen LogP contribution is 2.29. The van der Waals surface area contributed by atoms with Crippen LogP contribution in [-0.4, -0.2) is 67.2 Å². The first kappa shape index (κ1) is 20.4. The Morgan fingerprint density at radius 1 is 1.00 bits per heavy atom. The number of hydrogen-bond donors (Lipinski definition) is 0. The lowest BCUT2D eigenvalue weighted by molar-refractivity contribution is -0.129. The summed E-state index contributed by atoms with van der Waals surface area (Å²) in [5.41, 5.74) is 2.26. The van der Waals surface area contributed by atoms with Gasteiger partial charge < -0.3 is 4.74 Å². The van der Waals surface area contributed by atoms with Gasteiger partial charge in [-0.3, -0.25) is 24.4 Å². The molecule has 1 atom stereocenters. The lowest BCUT2D eigenvalue weighted by Gasteiger charge is -2.31. The second-order valence-electron chi connectivity index (χ2n) is 7.64. The SMILES string of the molecule is O=C1c2ccccc2[C@H](C=NCCCN2CCOCC2)C(=O)N1Cc1ccccc1. The molecule has 2 aromatic carbocycles. The highest BCUT2D eigenvalue weighted by molar-refractivity contribution is 6.16. The Balaban J connectivity index is 1.45. The summed E-state index contributed by atoms with van der Waals surface area (Å²) >= 11 is 0. The van der Waals surface area contributed by atoms with Crippen molar-refractivity contribution in [1.82, 2.24) is 9.80 Å². The number of carbonyl (C=O) groups excluding carboxylic acids is 2. The van der Waals surface area contributed by atoms with Gasteiger partial charge >= 0.3 is 0 Å². The van der Waals surface area contributed by atoms with Crippen LogP contribution in [0.15, 0.2) is 59.6 Å². The van der Waals surface area contributed by atoms with Gasteiger partial charge in [-0.1, -0.05) is 48.5 Å². The fourth-order valence-electron chi connectivity index (χ4n) is 3.96. The van der Waals surface area contributed by atoms with Crippen LogP contribution in [0.5, 0.6) is 0 Å². The van der Waals surface area contributed by atoms with E-state index in [0.29, 0.717) is 12.1 Å². The van der Waals surface area contributed by atoms with E-state index in [9.17, 15) is 9.59 Å². The Labute approximate surface area is 177 Å². The van der Waals surface area contributed by atoms with Crippen LogP contribution in [0.25, 0.3) is 0 Å². The normalized spacial score (nSPS) is 20.0. The van der Waals surface area contributed by atoms with E-state index in [-0.39, 0.29) is 18.4 Å². The largest absolute Gasteiger partial charge is 0.379 e. The molecule has 2 aromatic rings. The molecule has 0 saturated carbocycles. The molecule has 0 bridgehead atoms. The molecular weight excluding hydrogens is 378 g/mol. The monoisotopic (exact) mass is 405 g/mol. The van der Waals surface area contributed by atoms with E-state index in [1.165, 1.54) is 4.90 Å². The smallest absolute Gasteiger partial charge is 0.261 e. The van der Waals surface area contributed by atoms with Crippen LogP contribution in [0.2, 0.25) is 0 Å². The van der Waals surface area contributed by atoms with Gasteiger partial charge in [0.05, 0.1) is 25.7 Å². The van der Waals surface area contributed by atoms with Crippen LogP contribution in [0.1, 0.15) is 33.8 Å². The minimum absolute atomic E-state index is 0.209. The summed E-state index contributed by atoms with van der Waals surface area (Å²) in [6, 6.07) is 17.0. The number of fused-ring (bicyclic) bond motifs is 1. The van der Waals surface area contributed by atoms with E-state index < -0.39 is 5.92 Å². The molecule has 0 aromatic heterocycles. The maximum absolute atomic E-state index is 13.2. The van der Waals surface area contributed by atoms with Gasteiger partial charge in [0, 0.05) is 38.0 Å². The Morgan fingerprint density at radius 2 is 1.73 bits per heavy atom. The standard InChI is InChI=1S/C24H27N3O3/c28-23-21-10-5-4-9-20(21)22(17-25-11-6-12-26-13-15-30-16-14-26)24(29)27(23)18-19-7-2-1-3-8-19/h1-5,7-10,17,22H,6,11-16,18H2/t22-/m0/s1. The van der Waals surface area contributed by atoms with Crippen molar-refractivity contribution in [2.24, 2.45) is 4.99 Å². The molecule has 30 heavy (non-hydrogen) atoms. The second-order valence-corrected chi connectivity index (χ2v) is 7.64. The predicted molar refractivity (Wildman–Crippen MR) is 116 cm³/mol. The molecule has 0 radical (unpaired) electrons. The molecule has 4 rings (SSSR count). The molecule has 2 amide bonds. The number of ether oxygens (including phenoxy) is 1. The third kappa shape index (κ3) is 4.66. The van der Waals surface area contributed by atoms with Crippen molar-refractivity contribution in [2.45, 2.75) is 18.9 Å². The van der Waals surface area contributed by atoms with Crippen LogP contribution >= 0.6 is 0 Å². The molecule has 2 aliphatic heterocycles. The maximum atomic E-state index is 13.2. The molecule has 2 heterocycles. The number of amides is 2. The molecule has 0 spiro atoms. The van der Waals surface area contributed by atoms with Gasteiger partial charge in [-0.05, 0) is 23.6 Å². The number of carbonyl (C=O) groups is 2. The van der Waals surface area contributed by atoms with Crippen LogP contribution in [0.4, 0.5) is 0 Å². The van der Waals surface area contributed by atoms with Crippen molar-refractivity contribution in [3.63, 3.8) is 0 Å². The van der Waals surface area contributed by atoms with E-state index in [4.69, 9.17) is 4.74 Å². The van der Waals surface area contributed by atoms with E-state index in [2.05, 4.69) is 9.89 Å². The first-order valence-electron chi connectivity index (χ1n) is 10.5. The van der Waals surface area contributed by atoms with Crippen LogP contribution < -0.4 is 0 Å². The average molecular weight is 405 g/mol. The summed E-state index contributed by atoms with van der Waals surface area (Å²) in [5.74, 6) is -0.970. The number of benzene rings is 2. The lowest BCUT2D eigenvalue weighted by atomic mass is 9.89. The summed E-state index contributed by atoms with van der Waals surface area (Å²) in [5, 5.41) is 0. The number of morpholine rings is 1. The highest BCUT2D eigenvalue weighted by Gasteiger charge is 2.37. The van der Waals surface area contributed by atoms with Gasteiger partial charge in [0.25, 0.3) is 5.91 Å². The van der Waals surface area contributed by atoms with Crippen molar-refractivity contribution < 1.29 is 14.3 Å². The second kappa shape index (κ2) is 9.78. The Hall–Kier alpha value is -2.83. The molecule has 2 aliphatic rings. The van der Waals surface area contributed by atoms with Gasteiger partial charge in [0.1, 0.15) is 0 Å². The predicted octanol–water partition coefficient (Wildman–Crippen LogP) is 2.75. The molecule has 6 heteroatoms. The van der Waals surface area contributed by atoms with Gasteiger partial charge in [0.15, 0.2) is 0 Å². The van der Waals surface area contributed by atoms with Crippen LogP contribution in [-0.2, 0) is 16.1 Å². The molecule has 1 saturated heterocycles. The van der Waals surface area contributed by atoms with E-state index in [1.807, 2.05) is 48.5 Å². The van der Waals surface area contributed by atoms with Gasteiger partial charge in [-0.2, -0.15) is 0 Å². The first-order chi connectivity index (χ1) is 14.7. The third-order valence-electron chi connectivity index (χ3n) is 5.61. The number of aliphatic imine (C=N–C) groups is 1. The summed E-state index contributed by atoms with van der Waals surface area (Å²) in [7, 11) is 0. The zero-order valence-electron chi connectivity index (χ0n) is 17.1. The highest BCUT2D eigenvalue weighted by atomic mass is 16.5. The fourth-order valence-corrected chi connectivity index (χ4v) is 3.96. The fraction of sp³-hybridized carbons (Fsp3) is 0.375. The molecule has 0 N–H and O–H groups in total.